The van der Waals surface area contributed by atoms with E-state index in [0.717, 1.165) is 5.56 Å². The Labute approximate surface area is 139 Å². The first-order chi connectivity index (χ1) is 11.5. The smallest absolute Gasteiger partial charge is 0.262 e. The van der Waals surface area contributed by atoms with E-state index in [9.17, 15) is 8.42 Å². The second-order valence-corrected chi connectivity index (χ2v) is 6.86. The molecule has 0 aromatic heterocycles. The summed E-state index contributed by atoms with van der Waals surface area (Å²) >= 11 is 0. The van der Waals surface area contributed by atoms with Gasteiger partial charge in [-0.05, 0) is 36.8 Å². The molecular formula is C17H11N4O2S-. The molecule has 6 nitrogen and oxygen atoms in total. The lowest BCUT2D eigenvalue weighted by Gasteiger charge is -2.13. The Bertz CT molecular complexity index is 1070. The minimum atomic E-state index is -3.87. The Hall–Kier alpha value is -3.20. The SMILES string of the molecule is Cc1ccc(NS(=O)(=O)c2cccc(C#N)c2)c2c1C(=C=[N-])C=N2. The molecule has 1 heterocycles. The normalized spacial score (nSPS) is 12.4. The lowest BCUT2D eigenvalue weighted by molar-refractivity contribution is 0.601. The quantitative estimate of drug-likeness (QED) is 0.872. The van der Waals surface area contributed by atoms with E-state index in [2.05, 4.69) is 15.6 Å². The van der Waals surface area contributed by atoms with Crippen LogP contribution < -0.4 is 4.72 Å². The molecule has 1 N–H and O–H groups in total. The highest BCUT2D eigenvalue weighted by atomic mass is 32.2. The first-order valence-corrected chi connectivity index (χ1v) is 8.42. The zero-order valence-corrected chi connectivity index (χ0v) is 13.4. The van der Waals surface area contributed by atoms with Crippen molar-refractivity contribution in [2.45, 2.75) is 11.8 Å². The van der Waals surface area contributed by atoms with Gasteiger partial charge in [-0.1, -0.05) is 12.1 Å². The largest absolute Gasteiger partial charge is 0.763 e. The van der Waals surface area contributed by atoms with Crippen molar-refractivity contribution in [3.63, 3.8) is 0 Å². The molecule has 0 fully saturated rings. The van der Waals surface area contributed by atoms with Crippen molar-refractivity contribution >= 4 is 39.1 Å². The number of fused-ring (bicyclic) bond motifs is 1. The summed E-state index contributed by atoms with van der Waals surface area (Å²) in [6, 6.07) is 11.0. The summed E-state index contributed by atoms with van der Waals surface area (Å²) in [6.07, 6.45) is 1.42. The van der Waals surface area contributed by atoms with Crippen LogP contribution in [-0.2, 0) is 10.0 Å². The Balaban J connectivity index is 2.07. The molecule has 0 bridgehead atoms. The summed E-state index contributed by atoms with van der Waals surface area (Å²) in [5.41, 5.74) is 2.84. The Kier molecular flexibility index (Phi) is 3.78. The molecule has 0 atom stereocenters. The molecule has 0 saturated heterocycles. The summed E-state index contributed by atoms with van der Waals surface area (Å²) in [4.78, 5) is 4.15. The van der Waals surface area contributed by atoms with Crippen LogP contribution in [0.25, 0.3) is 11.0 Å². The van der Waals surface area contributed by atoms with Crippen LogP contribution in [0.2, 0.25) is 0 Å². The van der Waals surface area contributed by atoms with E-state index >= 15 is 0 Å². The van der Waals surface area contributed by atoms with Gasteiger partial charge in [0.15, 0.2) is 0 Å². The topological polar surface area (TPSA) is 105 Å². The fraction of sp³-hybridized carbons (Fsp3) is 0.0588. The summed E-state index contributed by atoms with van der Waals surface area (Å²) in [5, 5.41) is 18.1. The molecule has 2 aromatic rings. The molecule has 24 heavy (non-hydrogen) atoms. The Morgan fingerprint density at radius 2 is 2.04 bits per heavy atom. The number of nitrogens with one attached hydrogen (secondary N) is 1. The molecule has 1 aliphatic rings. The maximum atomic E-state index is 12.6. The van der Waals surface area contributed by atoms with Crippen molar-refractivity contribution in [1.29, 1.82) is 5.26 Å². The predicted octanol–water partition coefficient (Wildman–Crippen LogP) is 3.01. The molecule has 0 aliphatic carbocycles. The maximum Gasteiger partial charge on any atom is 0.262 e. The lowest BCUT2D eigenvalue weighted by atomic mass is 10.0. The molecule has 0 spiro atoms. The van der Waals surface area contributed by atoms with Crippen molar-refractivity contribution < 1.29 is 8.42 Å². The third-order valence-corrected chi connectivity index (χ3v) is 4.98. The minimum absolute atomic E-state index is 0.0117. The first kappa shape index (κ1) is 15.7. The third-order valence-electron chi connectivity index (χ3n) is 3.62. The van der Waals surface area contributed by atoms with E-state index in [1.807, 2.05) is 13.0 Å². The number of rotatable bonds is 3. The van der Waals surface area contributed by atoms with Crippen LogP contribution in [0.4, 0.5) is 11.4 Å². The third kappa shape index (κ3) is 2.61. The van der Waals surface area contributed by atoms with Gasteiger partial charge in [0, 0.05) is 17.4 Å². The van der Waals surface area contributed by atoms with Crippen LogP contribution in [0.15, 0.2) is 46.3 Å². The van der Waals surface area contributed by atoms with E-state index in [4.69, 9.17) is 10.7 Å². The zero-order chi connectivity index (χ0) is 17.3. The van der Waals surface area contributed by atoms with Crippen molar-refractivity contribution in [2.24, 2.45) is 4.99 Å². The van der Waals surface area contributed by atoms with Gasteiger partial charge in [0.2, 0.25) is 0 Å². The fourth-order valence-electron chi connectivity index (χ4n) is 2.46. The number of hydrogen-bond donors (Lipinski definition) is 1. The number of hydrogen-bond acceptors (Lipinski definition) is 4. The molecule has 118 valence electrons. The minimum Gasteiger partial charge on any atom is -0.763 e. The molecule has 2 aromatic carbocycles. The van der Waals surface area contributed by atoms with Crippen LogP contribution in [0.5, 0.6) is 0 Å². The average molecular weight is 335 g/mol. The summed E-state index contributed by atoms with van der Waals surface area (Å²) in [7, 11) is -3.87. The van der Waals surface area contributed by atoms with E-state index in [0.29, 0.717) is 22.5 Å². The fourth-order valence-corrected chi connectivity index (χ4v) is 3.58. The molecule has 0 radical (unpaired) electrons. The molecule has 0 saturated carbocycles. The van der Waals surface area contributed by atoms with Crippen molar-refractivity contribution in [3.8, 4) is 6.07 Å². The summed E-state index contributed by atoms with van der Waals surface area (Å²) in [6.45, 7) is 1.83. The van der Waals surface area contributed by atoms with Crippen LogP contribution in [0.3, 0.4) is 0 Å². The highest BCUT2D eigenvalue weighted by molar-refractivity contribution is 7.92. The van der Waals surface area contributed by atoms with Crippen LogP contribution in [-0.4, -0.2) is 20.5 Å². The zero-order valence-electron chi connectivity index (χ0n) is 12.6. The maximum absolute atomic E-state index is 12.6. The second kappa shape index (κ2) is 5.78. The average Bonchev–Trinajstić information content (AvgIpc) is 3.02. The van der Waals surface area contributed by atoms with Gasteiger partial charge in [0.25, 0.3) is 10.0 Å². The molecule has 3 rings (SSSR count). The van der Waals surface area contributed by atoms with Gasteiger partial charge < -0.3 is 5.41 Å². The first-order valence-electron chi connectivity index (χ1n) is 6.94. The van der Waals surface area contributed by atoms with Crippen LogP contribution in [0.1, 0.15) is 16.7 Å². The monoisotopic (exact) mass is 335 g/mol. The second-order valence-electron chi connectivity index (χ2n) is 5.18. The molecular weight excluding hydrogens is 324 g/mol. The number of benzene rings is 2. The molecule has 7 heteroatoms. The van der Waals surface area contributed by atoms with E-state index in [1.54, 1.807) is 12.1 Å². The van der Waals surface area contributed by atoms with Gasteiger partial charge in [0.05, 0.1) is 27.9 Å². The summed E-state index contributed by atoms with van der Waals surface area (Å²) in [5.74, 6) is 2.05. The van der Waals surface area contributed by atoms with E-state index < -0.39 is 10.0 Å². The lowest BCUT2D eigenvalue weighted by Crippen LogP contribution is -2.13. The standard InChI is InChI=1S/C17H11N4O2S/c1-11-5-6-15(17-16(11)13(9-19)10-20-17)21-24(22,23)14-4-2-3-12(7-14)8-18/h2-7,10,21H,1H3/q-1. The van der Waals surface area contributed by atoms with Gasteiger partial charge in [-0.15, -0.1) is 0 Å². The van der Waals surface area contributed by atoms with E-state index in [-0.39, 0.29) is 10.5 Å². The number of nitrogens with zero attached hydrogens (tertiary/aromatic N) is 3. The van der Waals surface area contributed by atoms with E-state index in [1.165, 1.54) is 30.5 Å². The van der Waals surface area contributed by atoms with Gasteiger partial charge >= 0.3 is 0 Å². The summed E-state index contributed by atoms with van der Waals surface area (Å²) < 4.78 is 27.6. The molecule has 0 amide bonds. The number of anilines is 1. The van der Waals surface area contributed by atoms with Crippen molar-refractivity contribution in [2.75, 3.05) is 4.72 Å². The highest BCUT2D eigenvalue weighted by Gasteiger charge is 2.22. The molecule has 0 unspecified atom stereocenters. The Morgan fingerprint density at radius 1 is 1.25 bits per heavy atom. The van der Waals surface area contributed by atoms with Gasteiger partial charge in [0.1, 0.15) is 0 Å². The van der Waals surface area contributed by atoms with Crippen molar-refractivity contribution in [3.05, 3.63) is 58.5 Å². The number of aryl methyl sites for hydroxylation is 1. The highest BCUT2D eigenvalue weighted by Crippen LogP contribution is 2.40. The van der Waals surface area contributed by atoms with Crippen LogP contribution in [0, 0.1) is 18.3 Å². The van der Waals surface area contributed by atoms with Gasteiger partial charge in [-0.3, -0.25) is 15.6 Å². The van der Waals surface area contributed by atoms with Gasteiger partial charge in [-0.2, -0.15) is 5.26 Å². The van der Waals surface area contributed by atoms with Crippen molar-refractivity contribution in [1.82, 2.24) is 0 Å². The molecule has 1 aliphatic heterocycles. The number of aliphatic imine (C=N–C) groups is 1. The number of allylic oxidation sites excluding steroid dienone is 1. The van der Waals surface area contributed by atoms with Gasteiger partial charge in [-0.25, -0.2) is 8.42 Å². The Morgan fingerprint density at radius 3 is 2.75 bits per heavy atom. The number of nitriles is 1. The number of sulfonamides is 1. The predicted molar refractivity (Wildman–Crippen MR) is 93.1 cm³/mol. The van der Waals surface area contributed by atoms with Crippen LogP contribution >= 0.6 is 0 Å².